The van der Waals surface area contributed by atoms with E-state index in [0.717, 1.165) is 11.1 Å². The van der Waals surface area contributed by atoms with Crippen molar-refractivity contribution in [2.45, 2.75) is 25.8 Å². The number of benzene rings is 1. The van der Waals surface area contributed by atoms with Gasteiger partial charge in [0.2, 0.25) is 0 Å². The highest BCUT2D eigenvalue weighted by molar-refractivity contribution is 5.45. The van der Waals surface area contributed by atoms with Crippen molar-refractivity contribution in [3.63, 3.8) is 0 Å². The summed E-state index contributed by atoms with van der Waals surface area (Å²) >= 11 is 0. The van der Waals surface area contributed by atoms with Crippen molar-refractivity contribution in [1.29, 1.82) is 0 Å². The van der Waals surface area contributed by atoms with Crippen LogP contribution in [0, 0.1) is 19.7 Å². The molecule has 2 N–H and O–H groups in total. The number of hydrogen-bond acceptors (Lipinski definition) is 3. The Kier molecular flexibility index (Phi) is 2.98. The van der Waals surface area contributed by atoms with E-state index in [1.165, 1.54) is 6.07 Å². The predicted molar refractivity (Wildman–Crippen MR) is 75.2 cm³/mol. The van der Waals surface area contributed by atoms with Gasteiger partial charge in [0.05, 0.1) is 12.1 Å². The molecule has 0 spiro atoms. The number of rotatable bonds is 1. The highest BCUT2D eigenvalue weighted by atomic mass is 19.1. The molecule has 1 aliphatic heterocycles. The first-order valence-electron chi connectivity index (χ1n) is 6.66. The predicted octanol–water partition coefficient (Wildman–Crippen LogP) is 2.82. The molecule has 1 aromatic heterocycles. The van der Waals surface area contributed by atoms with Crippen LogP contribution in [0.2, 0.25) is 0 Å². The zero-order chi connectivity index (χ0) is 14.3. The van der Waals surface area contributed by atoms with Gasteiger partial charge >= 0.3 is 0 Å². The van der Waals surface area contributed by atoms with E-state index in [2.05, 4.69) is 4.98 Å². The second-order valence-electron chi connectivity index (χ2n) is 5.39. The highest BCUT2D eigenvalue weighted by Gasteiger charge is 2.37. The van der Waals surface area contributed by atoms with Gasteiger partial charge in [0, 0.05) is 12.6 Å². The average molecular weight is 272 g/mol. The fourth-order valence-corrected chi connectivity index (χ4v) is 2.58. The molecule has 0 saturated carbocycles. The molecule has 0 saturated heterocycles. The Hall–Kier alpha value is -1.94. The lowest BCUT2D eigenvalue weighted by atomic mass is 9.82. The molecule has 3 rings (SSSR count). The molecular formula is C16H17FN2O. The Morgan fingerprint density at radius 3 is 2.85 bits per heavy atom. The van der Waals surface area contributed by atoms with E-state index in [4.69, 9.17) is 10.5 Å². The van der Waals surface area contributed by atoms with E-state index in [0.29, 0.717) is 30.0 Å². The third kappa shape index (κ3) is 1.96. The van der Waals surface area contributed by atoms with Gasteiger partial charge in [0.1, 0.15) is 17.3 Å². The molecule has 0 amide bonds. The van der Waals surface area contributed by atoms with E-state index in [9.17, 15) is 4.39 Å². The molecule has 104 valence electrons. The van der Waals surface area contributed by atoms with Crippen molar-refractivity contribution in [3.8, 4) is 5.75 Å². The Morgan fingerprint density at radius 1 is 1.30 bits per heavy atom. The normalized spacial score (nSPS) is 21.2. The fourth-order valence-electron chi connectivity index (χ4n) is 2.58. The highest BCUT2D eigenvalue weighted by Crippen LogP contribution is 2.39. The minimum Gasteiger partial charge on any atom is -0.491 e. The molecule has 1 aliphatic rings. The minimum atomic E-state index is -0.796. The van der Waals surface area contributed by atoms with Crippen molar-refractivity contribution in [1.82, 2.24) is 4.98 Å². The number of aromatic nitrogens is 1. The molecule has 1 atom stereocenters. The summed E-state index contributed by atoms with van der Waals surface area (Å²) in [7, 11) is 0. The van der Waals surface area contributed by atoms with Gasteiger partial charge in [-0.25, -0.2) is 4.39 Å². The third-order valence-electron chi connectivity index (χ3n) is 3.85. The number of hydrogen-bond donors (Lipinski definition) is 1. The van der Waals surface area contributed by atoms with Crippen LogP contribution >= 0.6 is 0 Å². The number of aryl methyl sites for hydroxylation is 2. The van der Waals surface area contributed by atoms with Crippen LogP contribution < -0.4 is 10.5 Å². The molecule has 0 radical (unpaired) electrons. The zero-order valence-electron chi connectivity index (χ0n) is 11.6. The number of nitrogens with zero attached hydrogens (tertiary/aromatic N) is 1. The van der Waals surface area contributed by atoms with Crippen LogP contribution in [0.15, 0.2) is 30.5 Å². The fraction of sp³-hybridized carbons (Fsp3) is 0.312. The van der Waals surface area contributed by atoms with Crippen LogP contribution in [0.4, 0.5) is 4.39 Å². The van der Waals surface area contributed by atoms with E-state index >= 15 is 0 Å². The molecule has 0 unspecified atom stereocenters. The summed E-state index contributed by atoms with van der Waals surface area (Å²) in [6.07, 6.45) is 2.35. The van der Waals surface area contributed by atoms with E-state index < -0.39 is 5.54 Å². The molecule has 2 heterocycles. The first-order valence-corrected chi connectivity index (χ1v) is 6.66. The summed E-state index contributed by atoms with van der Waals surface area (Å²) in [6, 6.07) is 7.05. The molecule has 3 nitrogen and oxygen atoms in total. The second kappa shape index (κ2) is 4.56. The molecule has 0 fully saturated rings. The monoisotopic (exact) mass is 272 g/mol. The number of fused-ring (bicyclic) bond motifs is 1. The van der Waals surface area contributed by atoms with Crippen molar-refractivity contribution < 1.29 is 9.13 Å². The van der Waals surface area contributed by atoms with E-state index in [1.54, 1.807) is 19.2 Å². The van der Waals surface area contributed by atoms with E-state index in [1.807, 2.05) is 19.1 Å². The molecule has 0 bridgehead atoms. The summed E-state index contributed by atoms with van der Waals surface area (Å²) < 4.78 is 19.5. The second-order valence-corrected chi connectivity index (χ2v) is 5.39. The van der Waals surface area contributed by atoms with Gasteiger partial charge in [0.15, 0.2) is 0 Å². The first-order chi connectivity index (χ1) is 9.50. The quantitative estimate of drug-likeness (QED) is 0.868. The molecule has 4 heteroatoms. The lowest BCUT2D eigenvalue weighted by molar-refractivity contribution is 0.232. The standard InChI is InChI=1S/C16H17FN2O/c1-10-7-14-15(19-9-10)16(18,5-6-20-14)12-4-3-11(2)13(17)8-12/h3-4,7-9H,5-6,18H2,1-2H3/t16-/m0/s1. The van der Waals surface area contributed by atoms with Crippen LogP contribution in [0.3, 0.4) is 0 Å². The topological polar surface area (TPSA) is 48.1 Å². The Bertz CT molecular complexity index is 672. The molecular weight excluding hydrogens is 255 g/mol. The first kappa shape index (κ1) is 13.1. The number of halogens is 1. The van der Waals surface area contributed by atoms with Gasteiger partial charge < -0.3 is 10.5 Å². The van der Waals surface area contributed by atoms with Crippen molar-refractivity contribution in [2.75, 3.05) is 6.61 Å². The Morgan fingerprint density at radius 2 is 2.10 bits per heavy atom. The van der Waals surface area contributed by atoms with Crippen LogP contribution in [-0.4, -0.2) is 11.6 Å². The Balaban J connectivity index is 2.15. The number of pyridine rings is 1. The Labute approximate surface area is 117 Å². The maximum atomic E-state index is 13.8. The summed E-state index contributed by atoms with van der Waals surface area (Å²) in [5.74, 6) is 0.451. The van der Waals surface area contributed by atoms with Gasteiger partial charge in [0.25, 0.3) is 0 Å². The van der Waals surface area contributed by atoms with Crippen LogP contribution in [0.25, 0.3) is 0 Å². The van der Waals surface area contributed by atoms with Gasteiger partial charge in [-0.15, -0.1) is 0 Å². The van der Waals surface area contributed by atoms with Gasteiger partial charge in [-0.1, -0.05) is 12.1 Å². The molecule has 2 aromatic rings. The van der Waals surface area contributed by atoms with Crippen LogP contribution in [0.1, 0.15) is 28.8 Å². The summed E-state index contributed by atoms with van der Waals surface area (Å²) in [5.41, 5.74) is 8.80. The molecule has 20 heavy (non-hydrogen) atoms. The number of ether oxygens (including phenoxy) is 1. The van der Waals surface area contributed by atoms with Crippen LogP contribution in [-0.2, 0) is 5.54 Å². The average Bonchev–Trinajstić information content (AvgIpc) is 2.41. The van der Waals surface area contributed by atoms with Crippen molar-refractivity contribution in [2.24, 2.45) is 5.73 Å². The summed E-state index contributed by atoms with van der Waals surface area (Å²) in [6.45, 7) is 4.20. The van der Waals surface area contributed by atoms with Crippen molar-refractivity contribution in [3.05, 3.63) is 58.7 Å². The lowest BCUT2D eigenvalue weighted by Gasteiger charge is -2.35. The maximum absolute atomic E-state index is 13.8. The maximum Gasteiger partial charge on any atom is 0.143 e. The lowest BCUT2D eigenvalue weighted by Crippen LogP contribution is -2.43. The van der Waals surface area contributed by atoms with Gasteiger partial charge in [-0.3, -0.25) is 4.98 Å². The minimum absolute atomic E-state index is 0.243. The van der Waals surface area contributed by atoms with E-state index in [-0.39, 0.29) is 5.82 Å². The smallest absolute Gasteiger partial charge is 0.143 e. The van der Waals surface area contributed by atoms with Gasteiger partial charge in [-0.2, -0.15) is 0 Å². The van der Waals surface area contributed by atoms with Crippen molar-refractivity contribution >= 4 is 0 Å². The van der Waals surface area contributed by atoms with Gasteiger partial charge in [-0.05, 0) is 42.7 Å². The third-order valence-corrected chi connectivity index (χ3v) is 3.85. The molecule has 1 aromatic carbocycles. The zero-order valence-corrected chi connectivity index (χ0v) is 11.6. The summed E-state index contributed by atoms with van der Waals surface area (Å²) in [4.78, 5) is 4.43. The summed E-state index contributed by atoms with van der Waals surface area (Å²) in [5, 5.41) is 0. The number of nitrogens with two attached hydrogens (primary N) is 1. The SMILES string of the molecule is Cc1cnc2c(c1)OCC[C@]2(N)c1ccc(C)c(F)c1. The molecule has 0 aliphatic carbocycles. The largest absolute Gasteiger partial charge is 0.491 e. The van der Waals surface area contributed by atoms with Crippen LogP contribution in [0.5, 0.6) is 5.75 Å².